The summed E-state index contributed by atoms with van der Waals surface area (Å²) < 4.78 is 15.1. The second kappa shape index (κ2) is 10.2. The highest BCUT2D eigenvalue weighted by atomic mass is 16.5. The van der Waals surface area contributed by atoms with E-state index in [9.17, 15) is 9.59 Å². The first-order valence-electron chi connectivity index (χ1n) is 6.90. The summed E-state index contributed by atoms with van der Waals surface area (Å²) in [5.41, 5.74) is 3.00. The highest BCUT2D eigenvalue weighted by molar-refractivity contribution is 5.97. The summed E-state index contributed by atoms with van der Waals surface area (Å²) in [6, 6.07) is 5.20. The molecule has 0 aromatic heterocycles. The number of amides is 2. The lowest BCUT2D eigenvalue weighted by Crippen LogP contribution is -2.31. The van der Waals surface area contributed by atoms with Gasteiger partial charge in [0.05, 0.1) is 27.0 Å². The van der Waals surface area contributed by atoms with Crippen molar-refractivity contribution in [2.45, 2.75) is 6.42 Å². The van der Waals surface area contributed by atoms with Crippen LogP contribution in [-0.2, 0) is 14.3 Å². The maximum absolute atomic E-state index is 11.5. The monoisotopic (exact) mass is 323 g/mol. The minimum Gasteiger partial charge on any atom is -0.493 e. The Labute approximate surface area is 134 Å². The molecule has 2 amide bonds. The van der Waals surface area contributed by atoms with Gasteiger partial charge in [-0.15, -0.1) is 0 Å². The van der Waals surface area contributed by atoms with Crippen LogP contribution in [0.25, 0.3) is 0 Å². The molecule has 0 bridgehead atoms. The Morgan fingerprint density at radius 3 is 2.52 bits per heavy atom. The molecule has 1 aromatic rings. The summed E-state index contributed by atoms with van der Waals surface area (Å²) in [7, 11) is 4.61. The molecule has 0 spiro atoms. The summed E-state index contributed by atoms with van der Waals surface area (Å²) in [6.45, 7) is 0.752. The van der Waals surface area contributed by atoms with Crippen molar-refractivity contribution in [1.29, 1.82) is 0 Å². The van der Waals surface area contributed by atoms with Crippen LogP contribution in [0.15, 0.2) is 23.3 Å². The third-order valence-electron chi connectivity index (χ3n) is 2.76. The molecule has 8 heteroatoms. The van der Waals surface area contributed by atoms with Crippen molar-refractivity contribution in [3.05, 3.63) is 23.8 Å². The van der Waals surface area contributed by atoms with Crippen molar-refractivity contribution in [3.8, 4) is 11.5 Å². The summed E-state index contributed by atoms with van der Waals surface area (Å²) in [5.74, 6) is 0.263. The predicted molar refractivity (Wildman–Crippen MR) is 84.8 cm³/mol. The molecule has 0 fully saturated rings. The molecular formula is C15H21N3O5. The molecule has 0 atom stereocenters. The number of ether oxygens (including phenoxy) is 3. The number of nitrogens with zero attached hydrogens (tertiary/aromatic N) is 1. The Morgan fingerprint density at radius 1 is 1.13 bits per heavy atom. The van der Waals surface area contributed by atoms with Crippen LogP contribution in [0.3, 0.4) is 0 Å². The zero-order chi connectivity index (χ0) is 17.1. The predicted octanol–water partition coefficient (Wildman–Crippen LogP) is 0.307. The minimum atomic E-state index is -0.503. The van der Waals surface area contributed by atoms with Gasteiger partial charge in [0.1, 0.15) is 6.42 Å². The molecule has 126 valence electrons. The Kier molecular flexibility index (Phi) is 8.16. The van der Waals surface area contributed by atoms with E-state index in [1.807, 2.05) is 0 Å². The quantitative estimate of drug-likeness (QED) is 0.295. The van der Waals surface area contributed by atoms with Gasteiger partial charge in [-0.3, -0.25) is 9.59 Å². The molecule has 0 heterocycles. The minimum absolute atomic E-state index is 0.299. The van der Waals surface area contributed by atoms with E-state index in [2.05, 4.69) is 15.8 Å². The summed E-state index contributed by atoms with van der Waals surface area (Å²) in [6.07, 6.45) is 1.15. The molecule has 0 saturated heterocycles. The van der Waals surface area contributed by atoms with Crippen molar-refractivity contribution in [3.63, 3.8) is 0 Å². The van der Waals surface area contributed by atoms with Crippen LogP contribution < -0.4 is 20.2 Å². The zero-order valence-corrected chi connectivity index (χ0v) is 13.4. The molecule has 8 nitrogen and oxygen atoms in total. The number of rotatable bonds is 9. The fourth-order valence-corrected chi connectivity index (χ4v) is 1.65. The maximum atomic E-state index is 11.5. The summed E-state index contributed by atoms with van der Waals surface area (Å²) in [5, 5.41) is 6.34. The number of methoxy groups -OCH3 is 3. The number of carbonyl (C=O) groups is 2. The smallest absolute Gasteiger partial charge is 0.249 e. The largest absolute Gasteiger partial charge is 0.493 e. The second-order valence-corrected chi connectivity index (χ2v) is 4.43. The Bertz CT molecular complexity index is 560. The lowest BCUT2D eigenvalue weighted by atomic mass is 10.2. The molecule has 0 radical (unpaired) electrons. The van der Waals surface area contributed by atoms with Crippen molar-refractivity contribution >= 4 is 18.0 Å². The van der Waals surface area contributed by atoms with E-state index in [4.69, 9.17) is 14.2 Å². The number of benzene rings is 1. The second-order valence-electron chi connectivity index (χ2n) is 4.43. The van der Waals surface area contributed by atoms with Crippen LogP contribution in [0.5, 0.6) is 11.5 Å². The van der Waals surface area contributed by atoms with Crippen LogP contribution in [-0.4, -0.2) is 52.5 Å². The van der Waals surface area contributed by atoms with E-state index in [0.717, 1.165) is 0 Å². The molecule has 0 unspecified atom stereocenters. The van der Waals surface area contributed by atoms with Crippen LogP contribution in [0, 0.1) is 0 Å². The van der Waals surface area contributed by atoms with Crippen LogP contribution in [0.1, 0.15) is 12.0 Å². The fraction of sp³-hybridized carbons (Fsp3) is 0.400. The van der Waals surface area contributed by atoms with E-state index in [-0.39, 0.29) is 12.3 Å². The normalized spacial score (nSPS) is 10.4. The van der Waals surface area contributed by atoms with Gasteiger partial charge in [-0.05, 0) is 23.8 Å². The SMILES string of the molecule is COCCNC(=O)CC(=O)NN=Cc1ccc(OC)c(OC)c1. The van der Waals surface area contributed by atoms with Gasteiger partial charge in [-0.25, -0.2) is 5.43 Å². The molecule has 23 heavy (non-hydrogen) atoms. The van der Waals surface area contributed by atoms with Crippen molar-refractivity contribution < 1.29 is 23.8 Å². The number of nitrogens with one attached hydrogen (secondary N) is 2. The Morgan fingerprint density at radius 2 is 1.87 bits per heavy atom. The van der Waals surface area contributed by atoms with Gasteiger partial charge in [0.25, 0.3) is 0 Å². The van der Waals surface area contributed by atoms with Gasteiger partial charge in [0.2, 0.25) is 11.8 Å². The molecule has 0 aliphatic heterocycles. The van der Waals surface area contributed by atoms with Crippen LogP contribution in [0.4, 0.5) is 0 Å². The summed E-state index contributed by atoms with van der Waals surface area (Å²) >= 11 is 0. The lowest BCUT2D eigenvalue weighted by molar-refractivity contribution is -0.129. The van der Waals surface area contributed by atoms with Crippen LogP contribution >= 0.6 is 0 Å². The zero-order valence-electron chi connectivity index (χ0n) is 13.4. The molecule has 0 saturated carbocycles. The molecule has 1 aromatic carbocycles. The number of carbonyl (C=O) groups excluding carboxylic acids is 2. The van der Waals surface area contributed by atoms with E-state index in [1.54, 1.807) is 25.3 Å². The molecule has 1 rings (SSSR count). The average Bonchev–Trinajstić information content (AvgIpc) is 2.54. The van der Waals surface area contributed by atoms with Crippen LogP contribution in [0.2, 0.25) is 0 Å². The molecule has 0 aliphatic carbocycles. The first-order chi connectivity index (χ1) is 11.1. The Balaban J connectivity index is 2.46. The first kappa shape index (κ1) is 18.4. The highest BCUT2D eigenvalue weighted by Crippen LogP contribution is 2.26. The average molecular weight is 323 g/mol. The number of hydrogen-bond acceptors (Lipinski definition) is 6. The van der Waals surface area contributed by atoms with E-state index in [1.165, 1.54) is 20.4 Å². The number of hydrazone groups is 1. The molecule has 0 aliphatic rings. The van der Waals surface area contributed by atoms with Crippen molar-refractivity contribution in [2.75, 3.05) is 34.5 Å². The highest BCUT2D eigenvalue weighted by Gasteiger charge is 2.08. The van der Waals surface area contributed by atoms with Crippen molar-refractivity contribution in [2.24, 2.45) is 5.10 Å². The molecule has 2 N–H and O–H groups in total. The number of hydrogen-bond donors (Lipinski definition) is 2. The standard InChI is InChI=1S/C15H21N3O5/c1-21-7-6-16-14(19)9-15(20)18-17-10-11-4-5-12(22-2)13(8-11)23-3/h4-5,8,10H,6-7,9H2,1-3H3,(H,16,19)(H,18,20). The van der Waals surface area contributed by atoms with Gasteiger partial charge >= 0.3 is 0 Å². The summed E-state index contributed by atoms with van der Waals surface area (Å²) in [4.78, 5) is 22.9. The maximum Gasteiger partial charge on any atom is 0.249 e. The third kappa shape index (κ3) is 6.79. The van der Waals surface area contributed by atoms with Gasteiger partial charge < -0.3 is 19.5 Å². The van der Waals surface area contributed by atoms with Gasteiger partial charge in [0.15, 0.2) is 11.5 Å². The van der Waals surface area contributed by atoms with E-state index in [0.29, 0.717) is 30.2 Å². The molecular weight excluding hydrogens is 302 g/mol. The van der Waals surface area contributed by atoms with E-state index < -0.39 is 5.91 Å². The third-order valence-corrected chi connectivity index (χ3v) is 2.76. The fourth-order valence-electron chi connectivity index (χ4n) is 1.65. The Hall–Kier alpha value is -2.61. The lowest BCUT2D eigenvalue weighted by Gasteiger charge is -2.07. The topological polar surface area (TPSA) is 98.2 Å². The van der Waals surface area contributed by atoms with Gasteiger partial charge in [-0.2, -0.15) is 5.10 Å². The first-order valence-corrected chi connectivity index (χ1v) is 6.90. The van der Waals surface area contributed by atoms with Gasteiger partial charge in [-0.1, -0.05) is 0 Å². The van der Waals surface area contributed by atoms with Crippen molar-refractivity contribution in [1.82, 2.24) is 10.7 Å². The van der Waals surface area contributed by atoms with Gasteiger partial charge in [0, 0.05) is 13.7 Å². The van der Waals surface area contributed by atoms with E-state index >= 15 is 0 Å².